The second kappa shape index (κ2) is 12.8. The lowest BCUT2D eigenvalue weighted by atomic mass is 9.92. The average molecular weight is 588 g/mol. The van der Waals surface area contributed by atoms with Crippen molar-refractivity contribution in [1.29, 1.82) is 0 Å². The summed E-state index contributed by atoms with van der Waals surface area (Å²) in [5.41, 5.74) is 16.4. The van der Waals surface area contributed by atoms with Gasteiger partial charge < -0.3 is 27.0 Å². The van der Waals surface area contributed by atoms with Crippen LogP contribution in [0.3, 0.4) is 0 Å². The standard InChI is InChI=1S/C31H45N11O/c1-9-34-25-26(37-30(38-27(25)32)42-14-12-41(13-15-42)18-19(2)3)28(33)35-22-16-21(11-10-20(22)4)29(43)36-24-17-23(31(5,6)7)39-40(24)8/h9-11,16-17,19,35H,1,12-15,18,33H2,2-8H3,(H,36,43)(H2,32,37,38)/b28-26-,34-25+. The zero-order valence-electron chi connectivity index (χ0n) is 26.4. The number of rotatable bonds is 7. The summed E-state index contributed by atoms with van der Waals surface area (Å²) in [6, 6.07) is 7.27. The fraction of sp³-hybridized carbons (Fsp3) is 0.452. The Kier molecular flexibility index (Phi) is 9.39. The van der Waals surface area contributed by atoms with E-state index in [9.17, 15) is 4.79 Å². The highest BCUT2D eigenvalue weighted by Crippen LogP contribution is 2.25. The van der Waals surface area contributed by atoms with E-state index in [1.807, 2.05) is 26.1 Å². The number of amidine groups is 1. The molecule has 0 atom stereocenters. The van der Waals surface area contributed by atoms with Crippen molar-refractivity contribution in [1.82, 2.24) is 19.6 Å². The van der Waals surface area contributed by atoms with Gasteiger partial charge in [-0.2, -0.15) is 10.1 Å². The molecule has 0 saturated carbocycles. The first kappa shape index (κ1) is 31.5. The van der Waals surface area contributed by atoms with Crippen LogP contribution in [0.4, 0.5) is 11.5 Å². The van der Waals surface area contributed by atoms with Crippen LogP contribution in [0.5, 0.6) is 0 Å². The molecule has 1 aromatic heterocycles. The second-order valence-electron chi connectivity index (χ2n) is 12.4. The molecule has 0 spiro atoms. The highest BCUT2D eigenvalue weighted by atomic mass is 16.1. The molecular weight excluding hydrogens is 542 g/mol. The maximum Gasteiger partial charge on any atom is 0.256 e. The van der Waals surface area contributed by atoms with Crippen molar-refractivity contribution >= 4 is 34.9 Å². The predicted octanol–water partition coefficient (Wildman–Crippen LogP) is 3.40. The summed E-state index contributed by atoms with van der Waals surface area (Å²) in [4.78, 5) is 31.5. The van der Waals surface area contributed by atoms with Gasteiger partial charge in [0.25, 0.3) is 5.91 Å². The summed E-state index contributed by atoms with van der Waals surface area (Å²) >= 11 is 0. The molecule has 1 amide bonds. The van der Waals surface area contributed by atoms with Crippen LogP contribution in [-0.4, -0.2) is 75.7 Å². The molecule has 12 heteroatoms. The molecule has 2 aliphatic heterocycles. The number of aliphatic imine (C=N–C) groups is 3. The van der Waals surface area contributed by atoms with Gasteiger partial charge in [0.15, 0.2) is 5.84 Å². The number of anilines is 2. The smallest absolute Gasteiger partial charge is 0.256 e. The van der Waals surface area contributed by atoms with Gasteiger partial charge in [-0.3, -0.25) is 19.4 Å². The van der Waals surface area contributed by atoms with Gasteiger partial charge in [0.1, 0.15) is 23.0 Å². The molecule has 0 radical (unpaired) electrons. The molecule has 1 aromatic carbocycles. The summed E-state index contributed by atoms with van der Waals surface area (Å²) in [5, 5.41) is 10.7. The molecule has 230 valence electrons. The largest absolute Gasteiger partial charge is 0.383 e. The van der Waals surface area contributed by atoms with E-state index in [0.717, 1.165) is 44.0 Å². The van der Waals surface area contributed by atoms with Crippen LogP contribution in [0.2, 0.25) is 0 Å². The van der Waals surface area contributed by atoms with E-state index in [-0.39, 0.29) is 23.0 Å². The monoisotopic (exact) mass is 587 g/mol. The van der Waals surface area contributed by atoms with Crippen LogP contribution in [0, 0.1) is 12.8 Å². The molecule has 0 bridgehead atoms. The number of hydrogen-bond acceptors (Lipinski definition) is 10. The Labute approximate surface area is 254 Å². The Morgan fingerprint density at radius 3 is 2.44 bits per heavy atom. The molecule has 6 N–H and O–H groups in total. The van der Waals surface area contributed by atoms with Crippen molar-refractivity contribution in [2.75, 3.05) is 43.4 Å². The third kappa shape index (κ3) is 7.50. The topological polar surface area (TPSA) is 155 Å². The van der Waals surface area contributed by atoms with E-state index in [0.29, 0.717) is 40.4 Å². The maximum atomic E-state index is 13.2. The fourth-order valence-corrected chi connectivity index (χ4v) is 4.90. The van der Waals surface area contributed by atoms with E-state index >= 15 is 0 Å². The first-order chi connectivity index (χ1) is 20.3. The van der Waals surface area contributed by atoms with Gasteiger partial charge in [-0.05, 0) is 30.5 Å². The molecular formula is C31H45N11O. The van der Waals surface area contributed by atoms with Crippen molar-refractivity contribution in [2.24, 2.45) is 39.4 Å². The Balaban J connectivity index is 1.59. The minimum absolute atomic E-state index is 0.141. The first-order valence-corrected chi connectivity index (χ1v) is 14.6. The summed E-state index contributed by atoms with van der Waals surface area (Å²) < 4.78 is 1.67. The summed E-state index contributed by atoms with van der Waals surface area (Å²) in [7, 11) is 1.81. The molecule has 2 aliphatic rings. The van der Waals surface area contributed by atoms with E-state index < -0.39 is 0 Å². The lowest BCUT2D eigenvalue weighted by molar-refractivity contribution is 0.102. The van der Waals surface area contributed by atoms with E-state index in [1.165, 1.54) is 6.20 Å². The number of hydrogen-bond donors (Lipinski definition) is 4. The molecule has 1 saturated heterocycles. The van der Waals surface area contributed by atoms with Gasteiger partial charge in [0, 0.05) is 68.7 Å². The van der Waals surface area contributed by atoms with Crippen LogP contribution in [0.15, 0.2) is 63.5 Å². The van der Waals surface area contributed by atoms with Gasteiger partial charge in [-0.1, -0.05) is 47.3 Å². The zero-order chi connectivity index (χ0) is 31.5. The third-order valence-corrected chi connectivity index (χ3v) is 7.31. The van der Waals surface area contributed by atoms with E-state index in [4.69, 9.17) is 16.5 Å². The first-order valence-electron chi connectivity index (χ1n) is 14.6. The van der Waals surface area contributed by atoms with E-state index in [1.54, 1.807) is 16.8 Å². The Morgan fingerprint density at radius 2 is 1.84 bits per heavy atom. The number of nitrogens with zero attached hydrogens (tertiary/aromatic N) is 7. The van der Waals surface area contributed by atoms with E-state index in [2.05, 4.69) is 76.7 Å². The summed E-state index contributed by atoms with van der Waals surface area (Å²) in [6.45, 7) is 20.8. The number of benzene rings is 1. The van der Waals surface area contributed by atoms with Crippen molar-refractivity contribution in [3.8, 4) is 0 Å². The van der Waals surface area contributed by atoms with Gasteiger partial charge >= 0.3 is 0 Å². The third-order valence-electron chi connectivity index (χ3n) is 7.31. The lowest BCUT2D eigenvalue weighted by Gasteiger charge is -2.36. The van der Waals surface area contributed by atoms with Gasteiger partial charge in [-0.15, -0.1) is 0 Å². The SMILES string of the molecule is C=C/N=C1/C(N)=NC(N2CCN(CC(C)C)CC2)=N/C1=C(/N)Nc1cc(C(=O)Nc2cc(C(C)(C)C)nn2C)ccc1C. The van der Waals surface area contributed by atoms with Crippen LogP contribution in [-0.2, 0) is 12.5 Å². The zero-order valence-corrected chi connectivity index (χ0v) is 26.4. The predicted molar refractivity (Wildman–Crippen MR) is 175 cm³/mol. The van der Waals surface area contributed by atoms with Crippen molar-refractivity contribution < 1.29 is 4.79 Å². The van der Waals surface area contributed by atoms with Crippen molar-refractivity contribution in [3.05, 3.63) is 65.4 Å². The van der Waals surface area contributed by atoms with Crippen LogP contribution < -0.4 is 22.1 Å². The normalized spacial score (nSPS) is 18.4. The molecule has 12 nitrogen and oxygen atoms in total. The molecule has 2 aromatic rings. The molecule has 43 heavy (non-hydrogen) atoms. The highest BCUT2D eigenvalue weighted by Gasteiger charge is 2.27. The molecule has 1 fully saturated rings. The van der Waals surface area contributed by atoms with Crippen molar-refractivity contribution in [3.63, 3.8) is 0 Å². The summed E-state index contributed by atoms with van der Waals surface area (Å²) in [5.74, 6) is 1.90. The molecule has 0 aliphatic carbocycles. The molecule has 3 heterocycles. The minimum atomic E-state index is -0.266. The second-order valence-corrected chi connectivity index (χ2v) is 12.4. The molecule has 4 rings (SSSR count). The number of piperazine rings is 1. The van der Waals surface area contributed by atoms with Gasteiger partial charge in [0.2, 0.25) is 5.96 Å². The van der Waals surface area contributed by atoms with Crippen molar-refractivity contribution in [2.45, 2.75) is 47.0 Å². The Bertz CT molecular complexity index is 1500. The number of aryl methyl sites for hydroxylation is 2. The quantitative estimate of drug-likeness (QED) is 0.387. The fourth-order valence-electron chi connectivity index (χ4n) is 4.90. The Morgan fingerprint density at radius 1 is 1.14 bits per heavy atom. The minimum Gasteiger partial charge on any atom is -0.383 e. The number of nitrogens with two attached hydrogens (primary N) is 2. The number of amides is 1. The number of guanidine groups is 1. The summed E-state index contributed by atoms with van der Waals surface area (Å²) in [6.07, 6.45) is 1.38. The number of carbonyl (C=O) groups excluding carboxylic acids is 1. The lowest BCUT2D eigenvalue weighted by Crippen LogP contribution is -2.50. The number of nitrogens with one attached hydrogen (secondary N) is 2. The Hall–Kier alpha value is -4.45. The number of carbonyl (C=O) groups is 1. The van der Waals surface area contributed by atoms with Crippen LogP contribution >= 0.6 is 0 Å². The van der Waals surface area contributed by atoms with Gasteiger partial charge in [0.05, 0.1) is 5.69 Å². The highest BCUT2D eigenvalue weighted by molar-refractivity contribution is 6.49. The molecule has 0 unspecified atom stereocenters. The van der Waals surface area contributed by atoms with Gasteiger partial charge in [-0.25, -0.2) is 4.99 Å². The number of aromatic nitrogens is 2. The van der Waals surface area contributed by atoms with Crippen LogP contribution in [0.1, 0.15) is 56.2 Å². The maximum absolute atomic E-state index is 13.2. The average Bonchev–Trinajstić information content (AvgIpc) is 3.31. The van der Waals surface area contributed by atoms with Crippen LogP contribution in [0.25, 0.3) is 0 Å².